The van der Waals surface area contributed by atoms with Crippen molar-refractivity contribution in [1.82, 2.24) is 5.43 Å². The van der Waals surface area contributed by atoms with E-state index in [-0.39, 0.29) is 11.7 Å². The highest BCUT2D eigenvalue weighted by molar-refractivity contribution is 6.01. The first kappa shape index (κ1) is 13.9. The van der Waals surface area contributed by atoms with E-state index >= 15 is 0 Å². The number of phenolic OH excluding ortho intramolecular Hbond substituents is 1. The molecule has 1 aromatic carbocycles. The van der Waals surface area contributed by atoms with Crippen molar-refractivity contribution in [1.29, 1.82) is 0 Å². The number of hydrogen-bond acceptors (Lipinski definition) is 4. The topological polar surface area (TPSA) is 74.8 Å². The van der Waals surface area contributed by atoms with E-state index in [1.807, 2.05) is 19.9 Å². The molecule has 0 saturated heterocycles. The van der Waals surface area contributed by atoms with Crippen LogP contribution in [0.25, 0.3) is 0 Å². The Labute approximate surface area is 116 Å². The summed E-state index contributed by atoms with van der Waals surface area (Å²) in [6, 6.07) is 7.96. The number of aryl methyl sites for hydroxylation is 2. The van der Waals surface area contributed by atoms with Crippen LogP contribution in [0, 0.1) is 13.8 Å². The van der Waals surface area contributed by atoms with E-state index in [1.54, 1.807) is 19.1 Å². The highest BCUT2D eigenvalue weighted by Crippen LogP contribution is 2.14. The van der Waals surface area contributed by atoms with Gasteiger partial charge in [-0.25, -0.2) is 5.43 Å². The van der Waals surface area contributed by atoms with Crippen LogP contribution >= 0.6 is 0 Å². The molecule has 0 bridgehead atoms. The van der Waals surface area contributed by atoms with Gasteiger partial charge in [0.2, 0.25) is 0 Å². The van der Waals surface area contributed by atoms with E-state index in [0.29, 0.717) is 11.3 Å². The number of carbonyl (C=O) groups excluding carboxylic acids is 1. The van der Waals surface area contributed by atoms with Gasteiger partial charge in [0.25, 0.3) is 5.91 Å². The molecule has 0 aliphatic heterocycles. The molecule has 5 heteroatoms. The Morgan fingerprint density at radius 1 is 1.30 bits per heavy atom. The van der Waals surface area contributed by atoms with Crippen LogP contribution in [-0.4, -0.2) is 16.7 Å². The molecule has 0 fully saturated rings. The smallest absolute Gasteiger partial charge is 0.271 e. The maximum absolute atomic E-state index is 11.9. The van der Waals surface area contributed by atoms with Crippen LogP contribution in [0.2, 0.25) is 0 Å². The van der Waals surface area contributed by atoms with Crippen LogP contribution in [0.15, 0.2) is 39.9 Å². The third-order valence-corrected chi connectivity index (χ3v) is 2.86. The largest absolute Gasteiger partial charge is 0.508 e. The summed E-state index contributed by atoms with van der Waals surface area (Å²) in [5.74, 6) is 1.22. The Morgan fingerprint density at radius 2 is 2.05 bits per heavy atom. The standard InChI is InChI=1S/C15H16N2O3/c1-9-7-14(11(3)20-9)10(2)16-17-15(19)12-5-4-6-13(18)8-12/h4-8,18H,1-3H3,(H,17,19)/b16-10-. The summed E-state index contributed by atoms with van der Waals surface area (Å²) in [5.41, 5.74) is 4.33. The average Bonchev–Trinajstić information content (AvgIpc) is 2.74. The lowest BCUT2D eigenvalue weighted by Gasteiger charge is -2.02. The van der Waals surface area contributed by atoms with Crippen molar-refractivity contribution in [3.63, 3.8) is 0 Å². The normalized spacial score (nSPS) is 11.4. The van der Waals surface area contributed by atoms with Gasteiger partial charge in [0, 0.05) is 11.1 Å². The molecule has 1 amide bonds. The van der Waals surface area contributed by atoms with Gasteiger partial charge in [-0.3, -0.25) is 4.79 Å². The Bertz CT molecular complexity index is 672. The van der Waals surface area contributed by atoms with Gasteiger partial charge in [-0.2, -0.15) is 5.10 Å². The van der Waals surface area contributed by atoms with Crippen LogP contribution in [0.3, 0.4) is 0 Å². The second-order valence-electron chi connectivity index (χ2n) is 4.52. The molecule has 20 heavy (non-hydrogen) atoms. The summed E-state index contributed by atoms with van der Waals surface area (Å²) in [6.07, 6.45) is 0. The van der Waals surface area contributed by atoms with Crippen molar-refractivity contribution in [3.8, 4) is 5.75 Å². The van der Waals surface area contributed by atoms with Crippen LogP contribution in [0.5, 0.6) is 5.75 Å². The molecule has 0 atom stereocenters. The van der Waals surface area contributed by atoms with Gasteiger partial charge in [0.1, 0.15) is 17.3 Å². The van der Waals surface area contributed by atoms with Gasteiger partial charge < -0.3 is 9.52 Å². The van der Waals surface area contributed by atoms with Crippen molar-refractivity contribution in [2.75, 3.05) is 0 Å². The van der Waals surface area contributed by atoms with Crippen LogP contribution < -0.4 is 5.43 Å². The van der Waals surface area contributed by atoms with E-state index in [0.717, 1.165) is 17.1 Å². The lowest BCUT2D eigenvalue weighted by molar-refractivity contribution is 0.0954. The number of hydrogen-bond donors (Lipinski definition) is 2. The molecule has 1 heterocycles. The predicted octanol–water partition coefficient (Wildman–Crippen LogP) is 2.76. The summed E-state index contributed by atoms with van der Waals surface area (Å²) >= 11 is 0. The number of amides is 1. The quantitative estimate of drug-likeness (QED) is 0.666. The van der Waals surface area contributed by atoms with Crippen LogP contribution in [-0.2, 0) is 0 Å². The van der Waals surface area contributed by atoms with E-state index in [2.05, 4.69) is 10.5 Å². The minimum atomic E-state index is -0.377. The van der Waals surface area contributed by atoms with E-state index < -0.39 is 0 Å². The van der Waals surface area contributed by atoms with Gasteiger partial charge in [-0.05, 0) is 45.0 Å². The first-order chi connectivity index (χ1) is 9.47. The summed E-state index contributed by atoms with van der Waals surface area (Å²) in [5, 5.41) is 13.4. The Hall–Kier alpha value is -2.56. The minimum Gasteiger partial charge on any atom is -0.508 e. The first-order valence-corrected chi connectivity index (χ1v) is 6.18. The molecule has 0 radical (unpaired) electrons. The first-order valence-electron chi connectivity index (χ1n) is 6.18. The number of nitrogens with zero attached hydrogens (tertiary/aromatic N) is 1. The number of aromatic hydroxyl groups is 1. The molecule has 2 N–H and O–H groups in total. The summed E-state index contributed by atoms with van der Waals surface area (Å²) in [4.78, 5) is 11.9. The predicted molar refractivity (Wildman–Crippen MR) is 76.0 cm³/mol. The zero-order valence-corrected chi connectivity index (χ0v) is 11.6. The molecule has 5 nitrogen and oxygen atoms in total. The fraction of sp³-hybridized carbons (Fsp3) is 0.200. The second kappa shape index (κ2) is 5.61. The van der Waals surface area contributed by atoms with E-state index in [1.165, 1.54) is 12.1 Å². The van der Waals surface area contributed by atoms with Crippen molar-refractivity contribution >= 4 is 11.6 Å². The number of hydrazone groups is 1. The van der Waals surface area contributed by atoms with Crippen molar-refractivity contribution in [3.05, 3.63) is 53.0 Å². The zero-order chi connectivity index (χ0) is 14.7. The lowest BCUT2D eigenvalue weighted by atomic mass is 10.2. The van der Waals surface area contributed by atoms with E-state index in [9.17, 15) is 9.90 Å². The molecule has 2 aromatic rings. The fourth-order valence-electron chi connectivity index (χ4n) is 1.90. The molecule has 0 saturated carbocycles. The number of rotatable bonds is 3. The molecule has 2 rings (SSSR count). The van der Waals surface area contributed by atoms with Gasteiger partial charge in [-0.1, -0.05) is 6.07 Å². The van der Waals surface area contributed by atoms with Crippen LogP contribution in [0.4, 0.5) is 0 Å². The van der Waals surface area contributed by atoms with Crippen molar-refractivity contribution in [2.45, 2.75) is 20.8 Å². The fourth-order valence-corrected chi connectivity index (χ4v) is 1.90. The Balaban J connectivity index is 2.13. The minimum absolute atomic E-state index is 0.0413. The number of carbonyl (C=O) groups is 1. The summed E-state index contributed by atoms with van der Waals surface area (Å²) in [7, 11) is 0. The zero-order valence-electron chi connectivity index (χ0n) is 11.6. The third-order valence-electron chi connectivity index (χ3n) is 2.86. The summed E-state index contributed by atoms with van der Waals surface area (Å²) < 4.78 is 5.42. The highest BCUT2D eigenvalue weighted by Gasteiger charge is 2.09. The maximum atomic E-state index is 11.9. The third kappa shape index (κ3) is 3.06. The summed E-state index contributed by atoms with van der Waals surface area (Å²) in [6.45, 7) is 5.49. The Kier molecular flexibility index (Phi) is 3.89. The SMILES string of the molecule is C/C(=N/NC(=O)c1cccc(O)c1)c1cc(C)oc1C. The molecule has 104 valence electrons. The molecule has 0 unspecified atom stereocenters. The van der Waals surface area contributed by atoms with Crippen molar-refractivity contribution < 1.29 is 14.3 Å². The molecule has 0 aliphatic rings. The van der Waals surface area contributed by atoms with Crippen molar-refractivity contribution in [2.24, 2.45) is 5.10 Å². The van der Waals surface area contributed by atoms with Gasteiger partial charge >= 0.3 is 0 Å². The maximum Gasteiger partial charge on any atom is 0.271 e. The van der Waals surface area contributed by atoms with Gasteiger partial charge in [0.15, 0.2) is 0 Å². The number of furan rings is 1. The molecule has 0 spiro atoms. The average molecular weight is 272 g/mol. The number of nitrogens with one attached hydrogen (secondary N) is 1. The highest BCUT2D eigenvalue weighted by atomic mass is 16.3. The molecule has 1 aromatic heterocycles. The molecule has 0 aliphatic carbocycles. The van der Waals surface area contributed by atoms with Gasteiger partial charge in [-0.15, -0.1) is 0 Å². The van der Waals surface area contributed by atoms with Gasteiger partial charge in [0.05, 0.1) is 5.71 Å². The Morgan fingerprint density at radius 3 is 2.65 bits per heavy atom. The number of benzene rings is 1. The molecular weight excluding hydrogens is 256 g/mol. The number of phenols is 1. The van der Waals surface area contributed by atoms with E-state index in [4.69, 9.17) is 4.42 Å². The lowest BCUT2D eigenvalue weighted by Crippen LogP contribution is -2.19. The second-order valence-corrected chi connectivity index (χ2v) is 4.52. The molecular formula is C15H16N2O3. The van der Waals surface area contributed by atoms with Crippen LogP contribution in [0.1, 0.15) is 34.4 Å². The monoisotopic (exact) mass is 272 g/mol.